The number of esters is 1. The van der Waals surface area contributed by atoms with Gasteiger partial charge in [0.1, 0.15) is 11.8 Å². The van der Waals surface area contributed by atoms with Crippen molar-refractivity contribution in [2.24, 2.45) is 0 Å². The van der Waals surface area contributed by atoms with E-state index in [4.69, 9.17) is 4.74 Å². The number of ether oxygens (including phenoxy) is 1. The van der Waals surface area contributed by atoms with Crippen LogP contribution in [0.5, 0.6) is 0 Å². The number of hydrogen-bond donors (Lipinski definition) is 1. The van der Waals surface area contributed by atoms with Crippen LogP contribution in [0, 0.1) is 0 Å². The van der Waals surface area contributed by atoms with Crippen LogP contribution in [-0.4, -0.2) is 22.3 Å². The van der Waals surface area contributed by atoms with Gasteiger partial charge in [0.25, 0.3) is 0 Å². The van der Waals surface area contributed by atoms with E-state index < -0.39 is 11.9 Å². The Morgan fingerprint density at radius 1 is 1.16 bits per heavy atom. The molecular weight excluding hydrogens is 333 g/mol. The second kappa shape index (κ2) is 6.90. The Morgan fingerprint density at radius 2 is 1.80 bits per heavy atom. The Labute approximate surface area is 143 Å². The van der Waals surface area contributed by atoms with E-state index in [1.165, 1.54) is 6.92 Å². The van der Waals surface area contributed by atoms with Crippen LogP contribution in [0.4, 0.5) is 13.2 Å². The zero-order valence-electron chi connectivity index (χ0n) is 13.8. The smallest absolute Gasteiger partial charge is 0.432 e. The Bertz CT molecular complexity index is 730. The molecule has 1 saturated carbocycles. The number of nitrogens with zero attached hydrogens (tertiary/aromatic N) is 1. The Balaban J connectivity index is 1.65. The molecule has 1 aliphatic carbocycles. The van der Waals surface area contributed by atoms with Crippen LogP contribution in [-0.2, 0) is 15.7 Å². The predicted molar refractivity (Wildman–Crippen MR) is 85.8 cm³/mol. The SMILES string of the molecule is CC(=O)OC1CCC(c2ccc(-c3cc(C(F)(F)F)[nH]n3)cc2)CC1. The molecule has 0 bridgehead atoms. The number of aromatic nitrogens is 2. The fraction of sp³-hybridized carbons (Fsp3) is 0.444. The molecule has 0 saturated heterocycles. The maximum absolute atomic E-state index is 12.6. The van der Waals surface area contributed by atoms with Crippen LogP contribution in [0.15, 0.2) is 30.3 Å². The second-order valence-corrected chi connectivity index (χ2v) is 6.37. The van der Waals surface area contributed by atoms with E-state index >= 15 is 0 Å². The molecule has 1 aliphatic rings. The van der Waals surface area contributed by atoms with Gasteiger partial charge in [-0.25, -0.2) is 0 Å². The van der Waals surface area contributed by atoms with Crippen LogP contribution in [0.2, 0.25) is 0 Å². The van der Waals surface area contributed by atoms with Crippen LogP contribution in [0.3, 0.4) is 0 Å². The average molecular weight is 352 g/mol. The topological polar surface area (TPSA) is 55.0 Å². The maximum Gasteiger partial charge on any atom is 0.432 e. The third kappa shape index (κ3) is 4.21. The maximum atomic E-state index is 12.6. The fourth-order valence-corrected chi connectivity index (χ4v) is 3.29. The van der Waals surface area contributed by atoms with Gasteiger partial charge in [-0.3, -0.25) is 9.89 Å². The van der Waals surface area contributed by atoms with Crippen molar-refractivity contribution in [3.8, 4) is 11.3 Å². The highest BCUT2D eigenvalue weighted by Gasteiger charge is 2.33. The quantitative estimate of drug-likeness (QED) is 0.816. The molecule has 1 fully saturated rings. The van der Waals surface area contributed by atoms with Gasteiger partial charge in [-0.15, -0.1) is 0 Å². The molecule has 1 aromatic carbocycles. The lowest BCUT2D eigenvalue weighted by Crippen LogP contribution is -2.22. The van der Waals surface area contributed by atoms with Crippen LogP contribution < -0.4 is 0 Å². The first-order valence-electron chi connectivity index (χ1n) is 8.23. The monoisotopic (exact) mass is 352 g/mol. The van der Waals surface area contributed by atoms with Gasteiger partial charge in [0.05, 0.1) is 5.69 Å². The van der Waals surface area contributed by atoms with Crippen LogP contribution >= 0.6 is 0 Å². The highest BCUT2D eigenvalue weighted by molar-refractivity contribution is 5.66. The van der Waals surface area contributed by atoms with Gasteiger partial charge in [0.15, 0.2) is 0 Å². The van der Waals surface area contributed by atoms with Gasteiger partial charge in [0, 0.05) is 12.5 Å². The summed E-state index contributed by atoms with van der Waals surface area (Å²) in [6.45, 7) is 1.42. The summed E-state index contributed by atoms with van der Waals surface area (Å²) < 4.78 is 43.1. The van der Waals surface area contributed by atoms with Crippen molar-refractivity contribution in [3.05, 3.63) is 41.6 Å². The number of rotatable bonds is 3. The molecule has 2 aromatic rings. The van der Waals surface area contributed by atoms with E-state index in [2.05, 4.69) is 5.10 Å². The van der Waals surface area contributed by atoms with Gasteiger partial charge in [-0.2, -0.15) is 18.3 Å². The summed E-state index contributed by atoms with van der Waals surface area (Å²) in [5, 5.41) is 5.77. The number of alkyl halides is 3. The van der Waals surface area contributed by atoms with Crippen molar-refractivity contribution in [2.75, 3.05) is 0 Å². The van der Waals surface area contributed by atoms with Gasteiger partial charge >= 0.3 is 12.1 Å². The van der Waals surface area contributed by atoms with Crippen LogP contribution in [0.1, 0.15) is 49.8 Å². The van der Waals surface area contributed by atoms with Crippen molar-refractivity contribution in [1.82, 2.24) is 10.2 Å². The number of carbonyl (C=O) groups is 1. The molecule has 0 spiro atoms. The van der Waals surface area contributed by atoms with Crippen molar-refractivity contribution in [1.29, 1.82) is 0 Å². The number of aromatic amines is 1. The van der Waals surface area contributed by atoms with Crippen molar-refractivity contribution in [3.63, 3.8) is 0 Å². The predicted octanol–water partition coefficient (Wildman–Crippen LogP) is 4.68. The summed E-state index contributed by atoms with van der Waals surface area (Å²) in [5.41, 5.74) is 1.22. The molecule has 4 nitrogen and oxygen atoms in total. The molecule has 0 aliphatic heterocycles. The standard InChI is InChI=1S/C18H19F3N2O2/c1-11(24)25-15-8-6-13(7-9-15)12-2-4-14(5-3-12)16-10-17(23-22-16)18(19,20)21/h2-5,10,13,15H,6-9H2,1H3,(H,22,23). The highest BCUT2D eigenvalue weighted by atomic mass is 19.4. The molecule has 7 heteroatoms. The summed E-state index contributed by atoms with van der Waals surface area (Å²) in [5.74, 6) is 0.135. The Morgan fingerprint density at radius 3 is 2.32 bits per heavy atom. The molecule has 0 radical (unpaired) electrons. The van der Waals surface area contributed by atoms with Gasteiger partial charge < -0.3 is 4.74 Å². The molecule has 1 N–H and O–H groups in total. The Hall–Kier alpha value is -2.31. The minimum Gasteiger partial charge on any atom is -0.463 e. The van der Waals surface area contributed by atoms with Crippen LogP contribution in [0.25, 0.3) is 11.3 Å². The van der Waals surface area contributed by atoms with E-state index in [1.54, 1.807) is 12.1 Å². The molecule has 0 atom stereocenters. The lowest BCUT2D eigenvalue weighted by Gasteiger charge is -2.28. The first-order chi connectivity index (χ1) is 11.8. The van der Waals surface area contributed by atoms with E-state index in [0.717, 1.165) is 37.3 Å². The van der Waals surface area contributed by atoms with E-state index in [9.17, 15) is 18.0 Å². The molecule has 0 unspecified atom stereocenters. The minimum atomic E-state index is -4.42. The van der Waals surface area contributed by atoms with Crippen molar-refractivity contribution in [2.45, 2.75) is 50.8 Å². The lowest BCUT2D eigenvalue weighted by molar-refractivity contribution is -0.147. The summed E-state index contributed by atoms with van der Waals surface area (Å²) in [6, 6.07) is 8.48. The first kappa shape index (κ1) is 17.5. The molecule has 1 heterocycles. The number of nitrogens with one attached hydrogen (secondary N) is 1. The van der Waals surface area contributed by atoms with E-state index in [0.29, 0.717) is 11.5 Å². The number of halogens is 3. The summed E-state index contributed by atoms with van der Waals surface area (Å²) >= 11 is 0. The summed E-state index contributed by atoms with van der Waals surface area (Å²) in [6.07, 6.45) is -0.903. The number of hydrogen-bond acceptors (Lipinski definition) is 3. The summed E-state index contributed by atoms with van der Waals surface area (Å²) in [4.78, 5) is 11.0. The van der Waals surface area contributed by atoms with Gasteiger partial charge in [-0.1, -0.05) is 24.3 Å². The summed E-state index contributed by atoms with van der Waals surface area (Å²) in [7, 11) is 0. The number of benzene rings is 1. The fourth-order valence-electron chi connectivity index (χ4n) is 3.29. The second-order valence-electron chi connectivity index (χ2n) is 6.37. The first-order valence-corrected chi connectivity index (χ1v) is 8.23. The molecular formula is C18H19F3N2O2. The molecule has 3 rings (SSSR count). The van der Waals surface area contributed by atoms with E-state index in [1.807, 2.05) is 17.2 Å². The normalized spacial score (nSPS) is 21.1. The number of carbonyl (C=O) groups excluding carboxylic acids is 1. The van der Waals surface area contributed by atoms with Gasteiger partial charge in [0.2, 0.25) is 0 Å². The average Bonchev–Trinajstić information content (AvgIpc) is 3.05. The van der Waals surface area contributed by atoms with E-state index in [-0.39, 0.29) is 17.8 Å². The van der Waals surface area contributed by atoms with Crippen molar-refractivity contribution < 1.29 is 22.7 Å². The highest BCUT2D eigenvalue weighted by Crippen LogP contribution is 2.35. The third-order valence-electron chi connectivity index (χ3n) is 4.57. The zero-order chi connectivity index (χ0) is 18.0. The molecule has 134 valence electrons. The lowest BCUT2D eigenvalue weighted by atomic mass is 9.82. The number of H-pyrrole nitrogens is 1. The zero-order valence-corrected chi connectivity index (χ0v) is 13.8. The molecule has 1 aromatic heterocycles. The molecule has 25 heavy (non-hydrogen) atoms. The Kier molecular flexibility index (Phi) is 4.83. The molecule has 0 amide bonds. The van der Waals surface area contributed by atoms with Gasteiger partial charge in [-0.05, 0) is 43.2 Å². The largest absolute Gasteiger partial charge is 0.463 e. The minimum absolute atomic E-state index is 0.00197. The van der Waals surface area contributed by atoms with Crippen molar-refractivity contribution >= 4 is 5.97 Å². The third-order valence-corrected chi connectivity index (χ3v) is 4.57.